The Hall–Kier alpha value is -1.15. The molecule has 6 nitrogen and oxygen atoms in total. The third kappa shape index (κ3) is 4.67. The highest BCUT2D eigenvalue weighted by molar-refractivity contribution is 7.89. The minimum Gasteiger partial charge on any atom is -0.348 e. The Bertz CT molecular complexity index is 645. The van der Waals surface area contributed by atoms with Crippen molar-refractivity contribution in [2.45, 2.75) is 43.7 Å². The van der Waals surface area contributed by atoms with E-state index in [1.165, 1.54) is 12.1 Å². The Kier molecular flexibility index (Phi) is 6.37. The van der Waals surface area contributed by atoms with E-state index in [2.05, 4.69) is 10.0 Å². The van der Waals surface area contributed by atoms with E-state index in [9.17, 15) is 13.2 Å². The second-order valence-corrected chi connectivity index (χ2v) is 7.20. The standard InChI is InChI=1S/C14H21N3O3S.ClH/c1-9-3-6-12(21(19,20)17-11-4-5-11)7-13(9)14(18)16-10(2)8-15;/h3,6-7,10-11,17H,4-5,8,15H2,1-2H3,(H,16,18);1H/t10-;/m0./s1. The maximum Gasteiger partial charge on any atom is 0.251 e. The monoisotopic (exact) mass is 347 g/mol. The quantitative estimate of drug-likeness (QED) is 0.712. The summed E-state index contributed by atoms with van der Waals surface area (Å²) in [4.78, 5) is 12.3. The van der Waals surface area contributed by atoms with Crippen molar-refractivity contribution in [1.29, 1.82) is 0 Å². The first-order valence-electron chi connectivity index (χ1n) is 6.97. The average molecular weight is 348 g/mol. The molecule has 0 radical (unpaired) electrons. The van der Waals surface area contributed by atoms with E-state index in [1.54, 1.807) is 19.9 Å². The van der Waals surface area contributed by atoms with Gasteiger partial charge in [-0.2, -0.15) is 0 Å². The second-order valence-electron chi connectivity index (χ2n) is 5.48. The first kappa shape index (κ1) is 18.9. The van der Waals surface area contributed by atoms with Gasteiger partial charge < -0.3 is 11.1 Å². The number of amides is 1. The van der Waals surface area contributed by atoms with E-state index in [0.717, 1.165) is 18.4 Å². The van der Waals surface area contributed by atoms with Crippen LogP contribution < -0.4 is 15.8 Å². The van der Waals surface area contributed by atoms with Gasteiger partial charge in [0.1, 0.15) is 0 Å². The minimum atomic E-state index is -3.56. The molecular formula is C14H22ClN3O3S. The zero-order valence-electron chi connectivity index (χ0n) is 12.6. The third-order valence-corrected chi connectivity index (χ3v) is 4.91. The average Bonchev–Trinajstić information content (AvgIpc) is 3.21. The number of rotatable bonds is 6. The van der Waals surface area contributed by atoms with Gasteiger partial charge in [0.15, 0.2) is 0 Å². The van der Waals surface area contributed by atoms with Gasteiger partial charge in [0.2, 0.25) is 10.0 Å². The Labute approximate surface area is 137 Å². The second kappa shape index (κ2) is 7.41. The SMILES string of the molecule is Cc1ccc(S(=O)(=O)NC2CC2)cc1C(=O)N[C@@H](C)CN.Cl. The zero-order valence-corrected chi connectivity index (χ0v) is 14.3. The normalized spacial score (nSPS) is 15.8. The van der Waals surface area contributed by atoms with Crippen LogP contribution in [0.4, 0.5) is 0 Å². The molecule has 1 atom stereocenters. The van der Waals surface area contributed by atoms with Crippen molar-refractivity contribution in [3.8, 4) is 0 Å². The lowest BCUT2D eigenvalue weighted by Crippen LogP contribution is -2.38. The van der Waals surface area contributed by atoms with Gasteiger partial charge in [-0.25, -0.2) is 13.1 Å². The molecule has 0 unspecified atom stereocenters. The number of sulfonamides is 1. The van der Waals surface area contributed by atoms with Gasteiger partial charge in [-0.1, -0.05) is 6.07 Å². The number of halogens is 1. The van der Waals surface area contributed by atoms with E-state index < -0.39 is 10.0 Å². The van der Waals surface area contributed by atoms with Crippen LogP contribution in [0.15, 0.2) is 23.1 Å². The van der Waals surface area contributed by atoms with E-state index in [1.807, 2.05) is 0 Å². The van der Waals surface area contributed by atoms with Crippen molar-refractivity contribution < 1.29 is 13.2 Å². The fourth-order valence-corrected chi connectivity index (χ4v) is 3.19. The van der Waals surface area contributed by atoms with Crippen molar-refractivity contribution in [2.24, 2.45) is 5.73 Å². The molecule has 1 aliphatic rings. The molecule has 0 aliphatic heterocycles. The van der Waals surface area contributed by atoms with Gasteiger partial charge in [0.25, 0.3) is 5.91 Å². The molecule has 0 spiro atoms. The smallest absolute Gasteiger partial charge is 0.251 e. The van der Waals surface area contributed by atoms with Crippen molar-refractivity contribution in [2.75, 3.05) is 6.54 Å². The van der Waals surface area contributed by atoms with E-state index in [0.29, 0.717) is 12.1 Å². The van der Waals surface area contributed by atoms with Crippen molar-refractivity contribution in [3.05, 3.63) is 29.3 Å². The molecule has 8 heteroatoms. The molecule has 1 saturated carbocycles. The summed E-state index contributed by atoms with van der Waals surface area (Å²) >= 11 is 0. The number of nitrogens with two attached hydrogens (primary N) is 1. The zero-order chi connectivity index (χ0) is 15.6. The van der Waals surface area contributed by atoms with Crippen molar-refractivity contribution >= 4 is 28.3 Å². The molecule has 0 saturated heterocycles. The molecule has 4 N–H and O–H groups in total. The van der Waals surface area contributed by atoms with Crippen LogP contribution in [0, 0.1) is 6.92 Å². The highest BCUT2D eigenvalue weighted by atomic mass is 35.5. The van der Waals surface area contributed by atoms with Crippen LogP contribution in [0.1, 0.15) is 35.7 Å². The largest absolute Gasteiger partial charge is 0.348 e. The van der Waals surface area contributed by atoms with Gasteiger partial charge in [0.05, 0.1) is 4.90 Å². The summed E-state index contributed by atoms with van der Waals surface area (Å²) in [5.41, 5.74) is 6.56. The number of benzene rings is 1. The molecule has 1 aliphatic carbocycles. The molecule has 0 bridgehead atoms. The molecule has 1 aromatic rings. The summed E-state index contributed by atoms with van der Waals surface area (Å²) in [6, 6.07) is 4.44. The highest BCUT2D eigenvalue weighted by Gasteiger charge is 2.28. The van der Waals surface area contributed by atoms with Gasteiger partial charge in [0, 0.05) is 24.2 Å². The molecule has 1 aromatic carbocycles. The third-order valence-electron chi connectivity index (χ3n) is 3.39. The fourth-order valence-electron chi connectivity index (χ4n) is 1.86. The number of hydrogen-bond donors (Lipinski definition) is 3. The number of hydrogen-bond acceptors (Lipinski definition) is 4. The number of aryl methyl sites for hydroxylation is 1. The topological polar surface area (TPSA) is 101 Å². The van der Waals surface area contributed by atoms with Crippen LogP contribution >= 0.6 is 12.4 Å². The first-order valence-corrected chi connectivity index (χ1v) is 8.45. The van der Waals surface area contributed by atoms with Crippen LogP contribution in [0.2, 0.25) is 0 Å². The summed E-state index contributed by atoms with van der Waals surface area (Å²) in [6.07, 6.45) is 1.74. The van der Waals surface area contributed by atoms with E-state index in [-0.39, 0.29) is 35.3 Å². The maximum atomic E-state index is 12.2. The van der Waals surface area contributed by atoms with Crippen molar-refractivity contribution in [3.63, 3.8) is 0 Å². The number of nitrogens with one attached hydrogen (secondary N) is 2. The lowest BCUT2D eigenvalue weighted by Gasteiger charge is -2.14. The molecule has 1 amide bonds. The van der Waals surface area contributed by atoms with Crippen LogP contribution in [0.3, 0.4) is 0 Å². The minimum absolute atomic E-state index is 0. The summed E-state index contributed by atoms with van der Waals surface area (Å²) in [7, 11) is -3.56. The predicted octanol–water partition coefficient (Wildman–Crippen LogP) is 0.935. The van der Waals surface area contributed by atoms with Crippen LogP contribution in [0.25, 0.3) is 0 Å². The van der Waals surface area contributed by atoms with E-state index in [4.69, 9.17) is 5.73 Å². The summed E-state index contributed by atoms with van der Waals surface area (Å²) in [5, 5.41) is 2.74. The van der Waals surface area contributed by atoms with Crippen LogP contribution in [0.5, 0.6) is 0 Å². The summed E-state index contributed by atoms with van der Waals surface area (Å²) in [6.45, 7) is 3.89. The van der Waals surface area contributed by atoms with Gasteiger partial charge in [-0.05, 0) is 44.4 Å². The Morgan fingerprint density at radius 3 is 2.59 bits per heavy atom. The van der Waals surface area contributed by atoms with Gasteiger partial charge >= 0.3 is 0 Å². The molecule has 124 valence electrons. The Morgan fingerprint density at radius 1 is 1.41 bits per heavy atom. The lowest BCUT2D eigenvalue weighted by molar-refractivity contribution is 0.0940. The maximum absolute atomic E-state index is 12.2. The summed E-state index contributed by atoms with van der Waals surface area (Å²) in [5.74, 6) is -0.311. The molecule has 2 rings (SSSR count). The number of carbonyl (C=O) groups excluding carboxylic acids is 1. The van der Waals surface area contributed by atoms with Crippen LogP contribution in [-0.4, -0.2) is 33.0 Å². The fraction of sp³-hybridized carbons (Fsp3) is 0.500. The van der Waals surface area contributed by atoms with Crippen molar-refractivity contribution in [1.82, 2.24) is 10.0 Å². The van der Waals surface area contributed by atoms with Crippen LogP contribution in [-0.2, 0) is 10.0 Å². The highest BCUT2D eigenvalue weighted by Crippen LogP contribution is 2.23. The number of carbonyl (C=O) groups is 1. The van der Waals surface area contributed by atoms with Gasteiger partial charge in [-0.3, -0.25) is 4.79 Å². The molecule has 0 heterocycles. The molecule has 1 fully saturated rings. The molecule has 22 heavy (non-hydrogen) atoms. The van der Waals surface area contributed by atoms with E-state index >= 15 is 0 Å². The predicted molar refractivity (Wildman–Crippen MR) is 87.8 cm³/mol. The van der Waals surface area contributed by atoms with Gasteiger partial charge in [-0.15, -0.1) is 12.4 Å². The first-order chi connectivity index (χ1) is 9.83. The lowest BCUT2D eigenvalue weighted by atomic mass is 10.1. The Balaban J connectivity index is 0.00000242. The Morgan fingerprint density at radius 2 is 2.05 bits per heavy atom. The molecular weight excluding hydrogens is 326 g/mol. The summed E-state index contributed by atoms with van der Waals surface area (Å²) < 4.78 is 27.0. The molecule has 0 aromatic heterocycles.